The lowest BCUT2D eigenvalue weighted by Crippen LogP contribution is -2.39. The molecule has 0 aliphatic heterocycles. The van der Waals surface area contributed by atoms with Gasteiger partial charge in [0.2, 0.25) is 0 Å². The summed E-state index contributed by atoms with van der Waals surface area (Å²) in [6, 6.07) is 21.4. The van der Waals surface area contributed by atoms with Gasteiger partial charge in [-0.3, -0.25) is 0 Å². The molecule has 2 aromatic rings. The van der Waals surface area contributed by atoms with Crippen LogP contribution in [0.2, 0.25) is 39.3 Å². The summed E-state index contributed by atoms with van der Waals surface area (Å²) in [6.07, 6.45) is 0. The van der Waals surface area contributed by atoms with Gasteiger partial charge in [0.25, 0.3) is 0 Å². The van der Waals surface area contributed by atoms with Crippen molar-refractivity contribution < 1.29 is 0 Å². The second kappa shape index (κ2) is 6.88. The van der Waals surface area contributed by atoms with Crippen LogP contribution in [0, 0.1) is 0 Å². The number of hydrogen-bond donors (Lipinski definition) is 0. The van der Waals surface area contributed by atoms with Crippen LogP contribution in [0.4, 0.5) is 0 Å². The summed E-state index contributed by atoms with van der Waals surface area (Å²) in [5.41, 5.74) is 7.68. The molecule has 0 aromatic heterocycles. The maximum Gasteiger partial charge on any atom is 0.0773 e. The van der Waals surface area contributed by atoms with E-state index in [2.05, 4.69) is 106 Å². The highest BCUT2D eigenvalue weighted by atomic mass is 28.4. The summed E-state index contributed by atoms with van der Waals surface area (Å²) in [5, 5.41) is 0. The fraction of sp³-hybridized carbons (Fsp3) is 0.286. The van der Waals surface area contributed by atoms with Gasteiger partial charge in [-0.2, -0.15) is 0 Å². The Balaban J connectivity index is 2.83. The van der Waals surface area contributed by atoms with Gasteiger partial charge in [0.15, 0.2) is 0 Å². The first-order valence-electron chi connectivity index (χ1n) is 8.32. The van der Waals surface area contributed by atoms with Crippen molar-refractivity contribution in [3.8, 4) is 0 Å². The largest absolute Gasteiger partial charge is 0.121 e. The van der Waals surface area contributed by atoms with Crippen LogP contribution in [-0.2, 0) is 0 Å². The summed E-state index contributed by atoms with van der Waals surface area (Å²) < 4.78 is 0. The predicted molar refractivity (Wildman–Crippen MR) is 109 cm³/mol. The Morgan fingerprint density at radius 1 is 0.609 bits per heavy atom. The summed E-state index contributed by atoms with van der Waals surface area (Å²) in [6.45, 7) is 14.7. The molecule has 2 heteroatoms. The van der Waals surface area contributed by atoms with Crippen molar-refractivity contribution in [3.05, 3.63) is 82.3 Å². The second-order valence-electron chi connectivity index (χ2n) is 8.11. The monoisotopic (exact) mass is 336 g/mol. The zero-order valence-electron chi connectivity index (χ0n) is 15.3. The quantitative estimate of drug-likeness (QED) is 0.448. The van der Waals surface area contributed by atoms with Crippen molar-refractivity contribution >= 4 is 21.7 Å². The van der Waals surface area contributed by atoms with E-state index in [1.54, 1.807) is 4.82 Å². The summed E-state index contributed by atoms with van der Waals surface area (Å²) in [4.78, 5) is 1.62. The Bertz CT molecular complexity index is 650. The van der Waals surface area contributed by atoms with E-state index < -0.39 is 16.1 Å². The molecule has 0 fully saturated rings. The zero-order valence-corrected chi connectivity index (χ0v) is 17.3. The van der Waals surface area contributed by atoms with Crippen molar-refractivity contribution in [2.24, 2.45) is 0 Å². The van der Waals surface area contributed by atoms with E-state index >= 15 is 0 Å². The molecule has 23 heavy (non-hydrogen) atoms. The minimum atomic E-state index is -1.40. The van der Waals surface area contributed by atoms with Gasteiger partial charge >= 0.3 is 0 Å². The molecular formula is C21H28Si2. The lowest BCUT2D eigenvalue weighted by atomic mass is 9.99. The third-order valence-corrected chi connectivity index (χ3v) is 11.6. The topological polar surface area (TPSA) is 0 Å². The summed E-state index contributed by atoms with van der Waals surface area (Å²) in [5.74, 6) is 0. The molecule has 0 spiro atoms. The van der Waals surface area contributed by atoms with Crippen LogP contribution in [0.1, 0.15) is 11.1 Å². The average molecular weight is 337 g/mol. The van der Waals surface area contributed by atoms with Crippen LogP contribution in [0.15, 0.2) is 71.2 Å². The molecule has 0 saturated heterocycles. The lowest BCUT2D eigenvalue weighted by Gasteiger charge is -2.29. The molecule has 0 unspecified atom stereocenters. The first-order valence-corrected chi connectivity index (χ1v) is 15.3. The molecule has 2 aromatic carbocycles. The number of rotatable bonds is 4. The Kier molecular flexibility index (Phi) is 5.31. The highest BCUT2D eigenvalue weighted by molar-refractivity contribution is 7.04. The van der Waals surface area contributed by atoms with Crippen LogP contribution in [0.5, 0.6) is 0 Å². The van der Waals surface area contributed by atoms with E-state index in [1.165, 1.54) is 16.7 Å². The highest BCUT2D eigenvalue weighted by Gasteiger charge is 2.31. The highest BCUT2D eigenvalue weighted by Crippen LogP contribution is 2.29. The van der Waals surface area contributed by atoms with Gasteiger partial charge in [0.05, 0.1) is 16.1 Å². The molecule has 0 atom stereocenters. The van der Waals surface area contributed by atoms with Gasteiger partial charge < -0.3 is 0 Å². The molecule has 0 saturated carbocycles. The normalized spacial score (nSPS) is 11.7. The Labute approximate surface area is 143 Å². The molecule has 120 valence electrons. The third kappa shape index (κ3) is 4.68. The van der Waals surface area contributed by atoms with Crippen LogP contribution in [0.25, 0.3) is 5.57 Å². The number of hydrogen-bond acceptors (Lipinski definition) is 0. The van der Waals surface area contributed by atoms with Gasteiger partial charge in [-0.25, -0.2) is 0 Å². The summed E-state index contributed by atoms with van der Waals surface area (Å²) >= 11 is 0. The summed E-state index contributed by atoms with van der Waals surface area (Å²) in [7, 11) is -2.81. The second-order valence-corrected chi connectivity index (χ2v) is 18.6. The Hall–Kier alpha value is -1.61. The molecule has 2 rings (SSSR count). The standard InChI is InChI=1S/C21H28Si2/c1-22(2,3)21(23(4,5)6)17-20(18-13-9-7-10-14-18)19-15-11-8-12-16-19/h7-16H,1-6H3. The lowest BCUT2D eigenvalue weighted by molar-refractivity contribution is 1.54. The molecule has 0 aliphatic rings. The third-order valence-electron chi connectivity index (χ3n) is 3.87. The zero-order chi connectivity index (χ0) is 17.1. The molecule has 0 amide bonds. The molecule has 0 N–H and O–H groups in total. The van der Waals surface area contributed by atoms with E-state index in [4.69, 9.17) is 0 Å². The minimum Gasteiger partial charge on any atom is -0.121 e. The van der Waals surface area contributed by atoms with E-state index in [9.17, 15) is 0 Å². The van der Waals surface area contributed by atoms with E-state index in [-0.39, 0.29) is 0 Å². The van der Waals surface area contributed by atoms with Crippen LogP contribution >= 0.6 is 0 Å². The first-order chi connectivity index (χ1) is 10.7. The molecular weight excluding hydrogens is 308 g/mol. The van der Waals surface area contributed by atoms with Gasteiger partial charge in [0.1, 0.15) is 0 Å². The van der Waals surface area contributed by atoms with Crippen molar-refractivity contribution in [2.75, 3.05) is 0 Å². The fourth-order valence-electron chi connectivity index (χ4n) is 3.15. The van der Waals surface area contributed by atoms with Crippen molar-refractivity contribution in [2.45, 2.75) is 39.3 Å². The SMILES string of the molecule is C[Si](C)(C)C(=C=C(c1ccccc1)c1ccccc1)[Si](C)(C)C. The maximum absolute atomic E-state index is 3.92. The predicted octanol–water partition coefficient (Wildman–Crippen LogP) is 6.40. The van der Waals surface area contributed by atoms with Crippen molar-refractivity contribution in [3.63, 3.8) is 0 Å². The number of benzene rings is 2. The van der Waals surface area contributed by atoms with Crippen molar-refractivity contribution in [1.82, 2.24) is 0 Å². The molecule has 0 radical (unpaired) electrons. The molecule has 0 aliphatic carbocycles. The van der Waals surface area contributed by atoms with Gasteiger partial charge in [-0.1, -0.05) is 105 Å². The smallest absolute Gasteiger partial charge is 0.0773 e. The Morgan fingerprint density at radius 2 is 0.957 bits per heavy atom. The van der Waals surface area contributed by atoms with E-state index in [1.807, 2.05) is 0 Å². The molecule has 0 heterocycles. The van der Waals surface area contributed by atoms with E-state index in [0.29, 0.717) is 0 Å². The average Bonchev–Trinajstić information content (AvgIpc) is 2.47. The Morgan fingerprint density at radius 3 is 1.26 bits per heavy atom. The van der Waals surface area contributed by atoms with Gasteiger partial charge in [-0.15, -0.1) is 5.73 Å². The van der Waals surface area contributed by atoms with Crippen LogP contribution < -0.4 is 0 Å². The maximum atomic E-state index is 3.92. The fourth-order valence-corrected chi connectivity index (χ4v) is 13.1. The van der Waals surface area contributed by atoms with Gasteiger partial charge in [0, 0.05) is 5.57 Å². The van der Waals surface area contributed by atoms with Crippen molar-refractivity contribution in [1.29, 1.82) is 0 Å². The van der Waals surface area contributed by atoms with E-state index in [0.717, 1.165) is 0 Å². The van der Waals surface area contributed by atoms with Gasteiger partial charge in [-0.05, 0) is 11.1 Å². The molecule has 0 bridgehead atoms. The van der Waals surface area contributed by atoms with Crippen LogP contribution in [-0.4, -0.2) is 16.1 Å². The van der Waals surface area contributed by atoms with Crippen LogP contribution in [0.3, 0.4) is 0 Å². The molecule has 0 nitrogen and oxygen atoms in total. The first kappa shape index (κ1) is 17.7. The minimum absolute atomic E-state index is 1.24.